The van der Waals surface area contributed by atoms with Gasteiger partial charge in [0.1, 0.15) is 0 Å². The number of thiazole rings is 1. The zero-order valence-electron chi connectivity index (χ0n) is 11.9. The third-order valence-corrected chi connectivity index (χ3v) is 4.55. The lowest BCUT2D eigenvalue weighted by Crippen LogP contribution is -2.33. The summed E-state index contributed by atoms with van der Waals surface area (Å²) >= 11 is 1.72. The van der Waals surface area contributed by atoms with Crippen LogP contribution in [0.3, 0.4) is 0 Å². The monoisotopic (exact) mass is 265 g/mol. The Morgan fingerprint density at radius 2 is 2.11 bits per heavy atom. The Bertz CT molecular complexity index is 524. The van der Waals surface area contributed by atoms with E-state index in [0.29, 0.717) is 12.0 Å². The van der Waals surface area contributed by atoms with Gasteiger partial charge in [0.05, 0.1) is 11.4 Å². The topological polar surface area (TPSA) is 29.3 Å². The third kappa shape index (κ3) is 2.45. The molecule has 0 aliphatic heterocycles. The Balaban J connectivity index is 2.20. The van der Waals surface area contributed by atoms with Crippen LogP contribution >= 0.6 is 11.3 Å². The third-order valence-electron chi connectivity index (χ3n) is 3.61. The number of hydrogen-bond acceptors (Lipinski definition) is 3. The number of nitrogens with zero attached hydrogens (tertiary/aromatic N) is 2. The minimum atomic E-state index is 0.578. The Kier molecular flexibility index (Phi) is 4.07. The van der Waals surface area contributed by atoms with Crippen LogP contribution in [0.15, 0.2) is 5.38 Å². The summed E-state index contributed by atoms with van der Waals surface area (Å²) in [6.45, 7) is 11.9. The Labute approximate surface area is 113 Å². The van der Waals surface area contributed by atoms with Gasteiger partial charge in [0.2, 0.25) is 0 Å². The van der Waals surface area contributed by atoms with E-state index in [1.165, 1.54) is 17.8 Å². The molecule has 18 heavy (non-hydrogen) atoms. The van der Waals surface area contributed by atoms with Crippen molar-refractivity contribution in [3.63, 3.8) is 0 Å². The summed E-state index contributed by atoms with van der Waals surface area (Å²) in [6.07, 6.45) is 1.17. The Morgan fingerprint density at radius 1 is 1.39 bits per heavy atom. The van der Waals surface area contributed by atoms with Crippen molar-refractivity contribution in [3.8, 4) is 0 Å². The van der Waals surface area contributed by atoms with Gasteiger partial charge in [-0.2, -0.15) is 0 Å². The molecule has 0 saturated heterocycles. The highest BCUT2D eigenvalue weighted by Crippen LogP contribution is 2.20. The molecule has 0 aliphatic rings. The van der Waals surface area contributed by atoms with Gasteiger partial charge < -0.3 is 5.32 Å². The second-order valence-corrected chi connectivity index (χ2v) is 6.12. The predicted octanol–water partition coefficient (Wildman–Crippen LogP) is 3.54. The first kappa shape index (κ1) is 13.6. The molecule has 2 rings (SSSR count). The molecular formula is C14H23N3S. The van der Waals surface area contributed by atoms with E-state index in [-0.39, 0.29) is 0 Å². The summed E-state index contributed by atoms with van der Waals surface area (Å²) < 4.78 is 2.28. The first-order chi connectivity index (χ1) is 8.54. The molecule has 0 saturated carbocycles. The van der Waals surface area contributed by atoms with Crippen molar-refractivity contribution in [2.75, 3.05) is 0 Å². The maximum atomic E-state index is 4.62. The molecule has 0 bridgehead atoms. The van der Waals surface area contributed by atoms with Gasteiger partial charge in [0, 0.05) is 23.7 Å². The average molecular weight is 265 g/mol. The molecule has 1 N–H and O–H groups in total. The molecule has 2 aromatic heterocycles. The van der Waals surface area contributed by atoms with E-state index in [1.807, 2.05) is 0 Å². The lowest BCUT2D eigenvalue weighted by Gasteiger charge is -2.20. The van der Waals surface area contributed by atoms with E-state index >= 15 is 0 Å². The molecule has 0 amide bonds. The van der Waals surface area contributed by atoms with Crippen LogP contribution in [0.2, 0.25) is 0 Å². The number of nitrogens with one attached hydrogen (secondary N) is 1. The zero-order valence-corrected chi connectivity index (χ0v) is 12.8. The Hall–Kier alpha value is -0.870. The van der Waals surface area contributed by atoms with Crippen LogP contribution in [-0.4, -0.2) is 15.4 Å². The van der Waals surface area contributed by atoms with Gasteiger partial charge in [-0.05, 0) is 26.2 Å². The van der Waals surface area contributed by atoms with Gasteiger partial charge in [-0.3, -0.25) is 4.40 Å². The fourth-order valence-electron chi connectivity index (χ4n) is 2.45. The van der Waals surface area contributed by atoms with Crippen molar-refractivity contribution < 1.29 is 0 Å². The van der Waals surface area contributed by atoms with Crippen molar-refractivity contribution in [1.29, 1.82) is 0 Å². The van der Waals surface area contributed by atoms with Crippen LogP contribution in [0, 0.1) is 19.8 Å². The molecule has 0 fully saturated rings. The number of imidazole rings is 1. The summed E-state index contributed by atoms with van der Waals surface area (Å²) in [7, 11) is 0. The SMILES string of the molecule is CCC(NCc1c(C)nc2scc(C)n12)C(C)C. The van der Waals surface area contributed by atoms with E-state index in [0.717, 1.165) is 17.2 Å². The van der Waals surface area contributed by atoms with E-state index in [4.69, 9.17) is 0 Å². The minimum Gasteiger partial charge on any atom is -0.308 e. The zero-order chi connectivity index (χ0) is 13.3. The van der Waals surface area contributed by atoms with Gasteiger partial charge in [-0.1, -0.05) is 20.8 Å². The quantitative estimate of drug-likeness (QED) is 0.896. The van der Waals surface area contributed by atoms with Crippen molar-refractivity contribution in [1.82, 2.24) is 14.7 Å². The van der Waals surface area contributed by atoms with Crippen LogP contribution < -0.4 is 5.32 Å². The molecule has 3 nitrogen and oxygen atoms in total. The summed E-state index contributed by atoms with van der Waals surface area (Å²) in [4.78, 5) is 5.73. The summed E-state index contributed by atoms with van der Waals surface area (Å²) in [5, 5.41) is 5.84. The van der Waals surface area contributed by atoms with Gasteiger partial charge in [-0.15, -0.1) is 11.3 Å². The van der Waals surface area contributed by atoms with Crippen molar-refractivity contribution in [3.05, 3.63) is 22.5 Å². The fraction of sp³-hybridized carbons (Fsp3) is 0.643. The minimum absolute atomic E-state index is 0.578. The highest BCUT2D eigenvalue weighted by molar-refractivity contribution is 7.15. The number of fused-ring (bicyclic) bond motifs is 1. The highest BCUT2D eigenvalue weighted by atomic mass is 32.1. The predicted molar refractivity (Wildman–Crippen MR) is 78.3 cm³/mol. The molecule has 0 aliphatic carbocycles. The van der Waals surface area contributed by atoms with E-state index < -0.39 is 0 Å². The summed E-state index contributed by atoms with van der Waals surface area (Å²) in [5.41, 5.74) is 3.74. The van der Waals surface area contributed by atoms with Crippen LogP contribution in [0.1, 0.15) is 44.3 Å². The maximum Gasteiger partial charge on any atom is 0.194 e. The van der Waals surface area contributed by atoms with Gasteiger partial charge in [0.15, 0.2) is 4.96 Å². The molecule has 0 spiro atoms. The highest BCUT2D eigenvalue weighted by Gasteiger charge is 2.15. The second kappa shape index (κ2) is 5.41. The smallest absolute Gasteiger partial charge is 0.194 e. The second-order valence-electron chi connectivity index (χ2n) is 5.28. The van der Waals surface area contributed by atoms with Crippen LogP contribution in [0.25, 0.3) is 4.96 Å². The van der Waals surface area contributed by atoms with E-state index in [2.05, 4.69) is 54.7 Å². The standard InChI is InChI=1S/C14H23N3S/c1-6-12(9(2)3)15-7-13-11(5)16-14-17(13)10(4)8-18-14/h8-9,12,15H,6-7H2,1-5H3. The van der Waals surface area contributed by atoms with Crippen molar-refractivity contribution in [2.24, 2.45) is 5.92 Å². The molecule has 2 aromatic rings. The summed E-state index contributed by atoms with van der Waals surface area (Å²) in [5.74, 6) is 0.669. The van der Waals surface area contributed by atoms with Crippen LogP contribution in [0.4, 0.5) is 0 Å². The Morgan fingerprint density at radius 3 is 2.72 bits per heavy atom. The average Bonchev–Trinajstić information content (AvgIpc) is 2.81. The maximum absolute atomic E-state index is 4.62. The van der Waals surface area contributed by atoms with Gasteiger partial charge in [-0.25, -0.2) is 4.98 Å². The molecule has 1 atom stereocenters. The first-order valence-corrected chi connectivity index (χ1v) is 7.58. The normalized spacial score (nSPS) is 13.7. The number of aryl methyl sites for hydroxylation is 2. The molecule has 2 heterocycles. The van der Waals surface area contributed by atoms with Gasteiger partial charge >= 0.3 is 0 Å². The lowest BCUT2D eigenvalue weighted by atomic mass is 10.0. The van der Waals surface area contributed by atoms with Crippen molar-refractivity contribution in [2.45, 2.75) is 53.6 Å². The van der Waals surface area contributed by atoms with Crippen LogP contribution in [0.5, 0.6) is 0 Å². The number of aromatic nitrogens is 2. The molecule has 0 aromatic carbocycles. The largest absolute Gasteiger partial charge is 0.308 e. The van der Waals surface area contributed by atoms with Gasteiger partial charge in [0.25, 0.3) is 0 Å². The number of hydrogen-bond donors (Lipinski definition) is 1. The number of rotatable bonds is 5. The molecule has 100 valence electrons. The van der Waals surface area contributed by atoms with E-state index in [9.17, 15) is 0 Å². The van der Waals surface area contributed by atoms with Crippen molar-refractivity contribution >= 4 is 16.3 Å². The molecule has 0 radical (unpaired) electrons. The summed E-state index contributed by atoms with van der Waals surface area (Å²) in [6, 6.07) is 0.578. The fourth-order valence-corrected chi connectivity index (χ4v) is 3.39. The molecular weight excluding hydrogens is 242 g/mol. The first-order valence-electron chi connectivity index (χ1n) is 6.70. The van der Waals surface area contributed by atoms with E-state index in [1.54, 1.807) is 11.3 Å². The lowest BCUT2D eigenvalue weighted by molar-refractivity contribution is 0.385. The molecule has 4 heteroatoms. The van der Waals surface area contributed by atoms with Crippen LogP contribution in [-0.2, 0) is 6.54 Å². The molecule has 1 unspecified atom stereocenters.